The molecule has 0 saturated heterocycles. The average molecular weight is 459 g/mol. The van der Waals surface area contributed by atoms with Gasteiger partial charge in [-0.25, -0.2) is 9.37 Å². The molecule has 3 aromatic rings. The Morgan fingerprint density at radius 2 is 2.23 bits per heavy atom. The van der Waals surface area contributed by atoms with Gasteiger partial charge in [-0.15, -0.1) is 0 Å². The van der Waals surface area contributed by atoms with Crippen LogP contribution in [-0.2, 0) is 4.79 Å². The normalized spacial score (nSPS) is 11.2. The third-order valence-corrected chi connectivity index (χ3v) is 6.01. The number of carbonyl (C=O) groups excluding carboxylic acids is 1. The second-order valence-electron chi connectivity index (χ2n) is 6.25. The Morgan fingerprint density at radius 1 is 1.42 bits per heavy atom. The molecule has 0 fully saturated rings. The maximum absolute atomic E-state index is 14.9. The van der Waals surface area contributed by atoms with Crippen LogP contribution in [0.25, 0.3) is 0 Å². The highest BCUT2D eigenvalue weighted by Crippen LogP contribution is 2.38. The summed E-state index contributed by atoms with van der Waals surface area (Å²) in [5.41, 5.74) is 2.05. The van der Waals surface area contributed by atoms with E-state index in [2.05, 4.69) is 25.9 Å². The molecule has 0 aliphatic rings. The lowest BCUT2D eigenvalue weighted by molar-refractivity contribution is -0.120. The van der Waals surface area contributed by atoms with E-state index in [1.807, 2.05) is 31.2 Å². The predicted octanol–water partition coefficient (Wildman–Crippen LogP) is 3.87. The molecule has 2 aromatic carbocycles. The largest absolute Gasteiger partial charge is 0.426 e. The van der Waals surface area contributed by atoms with Crippen LogP contribution in [0.1, 0.15) is 24.1 Å². The van der Waals surface area contributed by atoms with Crippen LogP contribution in [0.3, 0.4) is 0 Å². The van der Waals surface area contributed by atoms with Crippen LogP contribution in [0.4, 0.5) is 15.2 Å². The van der Waals surface area contributed by atoms with Gasteiger partial charge in [0.1, 0.15) is 18.8 Å². The molecule has 1 aromatic heterocycles. The number of rotatable bonds is 8. The van der Waals surface area contributed by atoms with Crippen LogP contribution >= 0.6 is 23.5 Å². The van der Waals surface area contributed by atoms with Crippen molar-refractivity contribution in [3.05, 3.63) is 59.7 Å². The van der Waals surface area contributed by atoms with E-state index in [-0.39, 0.29) is 23.3 Å². The number of halogens is 1. The topological polar surface area (TPSA) is 87.6 Å². The molecule has 0 aliphatic carbocycles. The molecule has 2 N–H and O–H groups in total. The highest BCUT2D eigenvalue weighted by molar-refractivity contribution is 8.00. The summed E-state index contributed by atoms with van der Waals surface area (Å²) in [7, 11) is 1.78. The lowest BCUT2D eigenvalue weighted by atomic mass is 10.00. The van der Waals surface area contributed by atoms with Crippen molar-refractivity contribution < 1.29 is 19.0 Å². The van der Waals surface area contributed by atoms with E-state index >= 15 is 0 Å². The van der Waals surface area contributed by atoms with Crippen molar-refractivity contribution in [2.45, 2.75) is 17.9 Å². The molecule has 0 saturated carbocycles. The van der Waals surface area contributed by atoms with E-state index in [0.717, 1.165) is 34.6 Å². The average Bonchev–Trinajstić information content (AvgIpc) is 3.30. The number of hydrogen-bond acceptors (Lipinski definition) is 9. The summed E-state index contributed by atoms with van der Waals surface area (Å²) in [5.74, 6) is 5.31. The zero-order valence-corrected chi connectivity index (χ0v) is 18.3. The number of carbonyl (C=O) groups is 1. The fraction of sp³-hybridized carbons (Fsp3) is 0.190. The Bertz CT molecular complexity index is 1100. The zero-order chi connectivity index (χ0) is 22.2. The van der Waals surface area contributed by atoms with Gasteiger partial charge in [0.25, 0.3) is 6.47 Å². The molecule has 0 spiro atoms. The number of anilines is 2. The smallest absolute Gasteiger partial charge is 0.298 e. The van der Waals surface area contributed by atoms with Crippen molar-refractivity contribution >= 4 is 40.8 Å². The quantitative estimate of drug-likeness (QED) is 0.299. The zero-order valence-electron chi connectivity index (χ0n) is 16.7. The van der Waals surface area contributed by atoms with Gasteiger partial charge in [0.2, 0.25) is 5.13 Å². The Hall–Kier alpha value is -3.13. The summed E-state index contributed by atoms with van der Waals surface area (Å²) in [6.07, 6.45) is 1.40. The summed E-state index contributed by atoms with van der Waals surface area (Å²) in [6.45, 7) is 2.00. The third-order valence-electron chi connectivity index (χ3n) is 4.47. The number of nitrogens with zero attached hydrogens (tertiary/aromatic N) is 3. The van der Waals surface area contributed by atoms with Crippen molar-refractivity contribution in [3.63, 3.8) is 0 Å². The molecule has 0 bridgehead atoms. The first-order valence-corrected chi connectivity index (χ1v) is 10.7. The van der Waals surface area contributed by atoms with Crippen LogP contribution in [-0.4, -0.2) is 34.6 Å². The van der Waals surface area contributed by atoms with E-state index in [1.165, 1.54) is 18.5 Å². The fourth-order valence-electron chi connectivity index (χ4n) is 2.87. The maximum Gasteiger partial charge on any atom is 0.298 e. The summed E-state index contributed by atoms with van der Waals surface area (Å²) in [6, 6.07) is 10.1. The minimum Gasteiger partial charge on any atom is -0.426 e. The summed E-state index contributed by atoms with van der Waals surface area (Å²) in [5, 5.41) is 9.54. The van der Waals surface area contributed by atoms with E-state index in [4.69, 9.17) is 9.84 Å². The van der Waals surface area contributed by atoms with Crippen LogP contribution in [0, 0.1) is 17.7 Å². The molecule has 0 aliphatic heterocycles. The molecular weight excluding hydrogens is 439 g/mol. The van der Waals surface area contributed by atoms with Gasteiger partial charge < -0.3 is 19.5 Å². The maximum atomic E-state index is 14.9. The van der Waals surface area contributed by atoms with E-state index in [0.29, 0.717) is 17.3 Å². The number of aromatic nitrogens is 2. The molecule has 0 unspecified atom stereocenters. The lowest BCUT2D eigenvalue weighted by Crippen LogP contribution is -2.23. The van der Waals surface area contributed by atoms with Gasteiger partial charge in [-0.1, -0.05) is 30.0 Å². The first-order valence-electron chi connectivity index (χ1n) is 9.10. The van der Waals surface area contributed by atoms with Crippen molar-refractivity contribution in [1.29, 1.82) is 0 Å². The standard InChI is InChI=1S/C21H19FN4O3S2/c1-14(16-8-4-3-6-15(16)7-5-9-27)26(2)18-10-17(22)20(11-19(18)29-13-28)30-25-21-23-12-24-31-21/h3-4,6,8,10-14,27H,9H2,1-2H3,(H,23,24,25)/t14-/m1/s1. The lowest BCUT2D eigenvalue weighted by Gasteiger charge is -2.29. The van der Waals surface area contributed by atoms with Crippen LogP contribution < -0.4 is 14.4 Å². The van der Waals surface area contributed by atoms with Crippen molar-refractivity contribution in [2.24, 2.45) is 0 Å². The minimum atomic E-state index is -0.484. The van der Waals surface area contributed by atoms with Gasteiger partial charge in [-0.05, 0) is 30.5 Å². The number of benzene rings is 2. The van der Waals surface area contributed by atoms with Crippen LogP contribution in [0.2, 0.25) is 0 Å². The van der Waals surface area contributed by atoms with Crippen LogP contribution in [0.5, 0.6) is 5.75 Å². The summed E-state index contributed by atoms with van der Waals surface area (Å²) >= 11 is 2.15. The number of aliphatic hydroxyl groups excluding tert-OH is 1. The molecule has 0 amide bonds. The Kier molecular flexibility index (Phi) is 7.83. The Labute approximate surface area is 187 Å². The van der Waals surface area contributed by atoms with Gasteiger partial charge in [-0.3, -0.25) is 4.79 Å². The molecular formula is C21H19FN4O3S2. The minimum absolute atomic E-state index is 0.214. The fourth-order valence-corrected chi connectivity index (χ4v) is 4.00. The number of ether oxygens (including phenoxy) is 1. The Morgan fingerprint density at radius 3 is 2.94 bits per heavy atom. The van der Waals surface area contributed by atoms with E-state index in [1.54, 1.807) is 11.9 Å². The molecule has 3 rings (SSSR count). The molecule has 31 heavy (non-hydrogen) atoms. The molecule has 10 heteroatoms. The van der Waals surface area contributed by atoms with E-state index in [9.17, 15) is 9.18 Å². The van der Waals surface area contributed by atoms with E-state index < -0.39 is 5.82 Å². The number of nitrogens with one attached hydrogen (secondary N) is 1. The predicted molar refractivity (Wildman–Crippen MR) is 120 cm³/mol. The Balaban J connectivity index is 1.91. The molecule has 0 radical (unpaired) electrons. The van der Waals surface area contributed by atoms with Crippen molar-refractivity contribution in [1.82, 2.24) is 9.36 Å². The first kappa shape index (κ1) is 22.6. The molecule has 7 nitrogen and oxygen atoms in total. The second kappa shape index (κ2) is 10.8. The molecule has 1 heterocycles. The third kappa shape index (κ3) is 5.52. The number of hydrogen-bond donors (Lipinski definition) is 2. The van der Waals surface area contributed by atoms with Gasteiger partial charge in [0.15, 0.2) is 5.75 Å². The van der Waals surface area contributed by atoms with Gasteiger partial charge >= 0.3 is 0 Å². The summed E-state index contributed by atoms with van der Waals surface area (Å²) in [4.78, 5) is 17.1. The van der Waals surface area contributed by atoms with Gasteiger partial charge in [0, 0.05) is 36.3 Å². The van der Waals surface area contributed by atoms with Gasteiger partial charge in [-0.2, -0.15) is 4.37 Å². The highest BCUT2D eigenvalue weighted by Gasteiger charge is 2.21. The summed E-state index contributed by atoms with van der Waals surface area (Å²) < 4.78 is 26.8. The van der Waals surface area contributed by atoms with Crippen LogP contribution in [0.15, 0.2) is 47.6 Å². The van der Waals surface area contributed by atoms with Gasteiger partial charge in [0.05, 0.1) is 16.6 Å². The number of aliphatic hydroxyl groups is 1. The van der Waals surface area contributed by atoms with Crippen molar-refractivity contribution in [2.75, 3.05) is 23.3 Å². The second-order valence-corrected chi connectivity index (χ2v) is 7.88. The highest BCUT2D eigenvalue weighted by atomic mass is 32.2. The monoisotopic (exact) mass is 458 g/mol. The molecule has 160 valence electrons. The van der Waals surface area contributed by atoms with Crippen molar-refractivity contribution in [3.8, 4) is 17.6 Å². The first-order chi connectivity index (χ1) is 15.0. The molecule has 1 atom stereocenters. The SMILES string of the molecule is C[C@H](c1ccccc1C#CCO)N(C)c1cc(F)c(SNc2ncns2)cc1OC=O.